The number of H-pyrrole nitrogens is 1. The Labute approximate surface area is 163 Å². The molecule has 6 nitrogen and oxygen atoms in total. The number of benzene rings is 1. The fraction of sp³-hybridized carbons (Fsp3) is 0.211. The molecular weight excluding hydrogens is 363 g/mol. The zero-order valence-corrected chi connectivity index (χ0v) is 15.8. The number of aromatic amines is 1. The van der Waals surface area contributed by atoms with Gasteiger partial charge in [0.1, 0.15) is 7.85 Å². The van der Waals surface area contributed by atoms with Crippen LogP contribution in [0, 0.1) is 0 Å². The van der Waals surface area contributed by atoms with Gasteiger partial charge in [0.25, 0.3) is 0 Å². The standard InChI is InChI=1S/C19H18BClN4O2/c1-3-10-5-6-11(21)7-12(10)16-13(18(26)27-4-2)8-15(24-16)17-14(20)9-23-19(22)25-17/h5-9,24H,3-4H2,1-2H3,(H2,22,23,25). The average Bonchev–Trinajstić information content (AvgIpc) is 3.09. The summed E-state index contributed by atoms with van der Waals surface area (Å²) in [5, 5.41) is 0.568. The fourth-order valence-electron chi connectivity index (χ4n) is 2.87. The van der Waals surface area contributed by atoms with Gasteiger partial charge in [-0.3, -0.25) is 0 Å². The maximum atomic E-state index is 12.6. The van der Waals surface area contributed by atoms with Crippen molar-refractivity contribution in [3.63, 3.8) is 0 Å². The number of nitrogen functional groups attached to an aromatic ring is 1. The van der Waals surface area contributed by atoms with Crippen molar-refractivity contribution < 1.29 is 9.53 Å². The second-order valence-electron chi connectivity index (χ2n) is 5.88. The van der Waals surface area contributed by atoms with E-state index in [1.807, 2.05) is 25.1 Å². The van der Waals surface area contributed by atoms with Crippen molar-refractivity contribution in [1.29, 1.82) is 0 Å². The number of halogens is 1. The zero-order valence-electron chi connectivity index (χ0n) is 15.0. The number of ether oxygens (including phenoxy) is 1. The molecular formula is C19H18BClN4O2. The fourth-order valence-corrected chi connectivity index (χ4v) is 3.05. The topological polar surface area (TPSA) is 93.9 Å². The van der Waals surface area contributed by atoms with Crippen LogP contribution in [-0.2, 0) is 11.2 Å². The Kier molecular flexibility index (Phi) is 5.51. The summed E-state index contributed by atoms with van der Waals surface area (Å²) in [5.74, 6) is -0.359. The lowest BCUT2D eigenvalue weighted by Gasteiger charge is -2.10. The molecule has 0 saturated heterocycles. The van der Waals surface area contributed by atoms with Gasteiger partial charge in [0, 0.05) is 16.8 Å². The van der Waals surface area contributed by atoms with Crippen LogP contribution in [0.25, 0.3) is 22.6 Å². The number of nitrogens with one attached hydrogen (secondary N) is 1. The zero-order chi connectivity index (χ0) is 19.6. The molecule has 0 saturated carbocycles. The number of carbonyl (C=O) groups is 1. The van der Waals surface area contributed by atoms with Crippen molar-refractivity contribution in [2.75, 3.05) is 12.3 Å². The van der Waals surface area contributed by atoms with Gasteiger partial charge < -0.3 is 15.5 Å². The first-order chi connectivity index (χ1) is 12.9. The smallest absolute Gasteiger partial charge is 0.340 e. The highest BCUT2D eigenvalue weighted by atomic mass is 35.5. The average molecular weight is 381 g/mol. The van der Waals surface area contributed by atoms with Gasteiger partial charge in [0.2, 0.25) is 5.95 Å². The highest BCUT2D eigenvalue weighted by Crippen LogP contribution is 2.33. The molecule has 0 aliphatic rings. The van der Waals surface area contributed by atoms with Gasteiger partial charge in [-0.25, -0.2) is 14.8 Å². The van der Waals surface area contributed by atoms with Crippen LogP contribution in [0.3, 0.4) is 0 Å². The lowest BCUT2D eigenvalue weighted by molar-refractivity contribution is 0.0527. The molecule has 0 atom stereocenters. The molecule has 0 fully saturated rings. The third kappa shape index (κ3) is 3.83. The van der Waals surface area contributed by atoms with Crippen molar-refractivity contribution in [2.45, 2.75) is 20.3 Å². The number of carbonyl (C=O) groups excluding carboxylic acids is 1. The molecule has 0 spiro atoms. The first-order valence-corrected chi connectivity index (χ1v) is 8.89. The van der Waals surface area contributed by atoms with Crippen LogP contribution in [-0.4, -0.2) is 35.4 Å². The molecule has 2 aromatic heterocycles. The van der Waals surface area contributed by atoms with Crippen LogP contribution < -0.4 is 11.2 Å². The van der Waals surface area contributed by atoms with Crippen molar-refractivity contribution in [3.8, 4) is 22.6 Å². The minimum atomic E-state index is -0.447. The molecule has 2 radical (unpaired) electrons. The van der Waals surface area contributed by atoms with Gasteiger partial charge in [-0.15, -0.1) is 0 Å². The number of hydrogen-bond donors (Lipinski definition) is 2. The molecule has 2 heterocycles. The Morgan fingerprint density at radius 1 is 1.33 bits per heavy atom. The number of anilines is 1. The molecule has 27 heavy (non-hydrogen) atoms. The summed E-state index contributed by atoms with van der Waals surface area (Å²) in [4.78, 5) is 23.9. The van der Waals surface area contributed by atoms with Crippen LogP contribution in [0.1, 0.15) is 29.8 Å². The molecule has 3 rings (SSSR count). The highest BCUT2D eigenvalue weighted by Gasteiger charge is 2.21. The summed E-state index contributed by atoms with van der Waals surface area (Å²) >= 11 is 6.20. The molecule has 0 amide bonds. The number of aromatic nitrogens is 3. The number of aryl methyl sites for hydroxylation is 1. The molecule has 3 N–H and O–H groups in total. The normalized spacial score (nSPS) is 10.8. The largest absolute Gasteiger partial charge is 0.462 e. The third-order valence-electron chi connectivity index (χ3n) is 4.13. The first-order valence-electron chi connectivity index (χ1n) is 8.51. The molecule has 0 bridgehead atoms. The Bertz CT molecular complexity index is 1000. The highest BCUT2D eigenvalue weighted by molar-refractivity contribution is 6.35. The summed E-state index contributed by atoms with van der Waals surface area (Å²) in [6, 6.07) is 7.23. The summed E-state index contributed by atoms with van der Waals surface area (Å²) in [6.07, 6.45) is 2.20. The minimum Gasteiger partial charge on any atom is -0.462 e. The maximum absolute atomic E-state index is 12.6. The number of nitrogens with two attached hydrogens (primary N) is 1. The number of esters is 1. The Balaban J connectivity index is 2.24. The van der Waals surface area contributed by atoms with E-state index in [4.69, 9.17) is 29.9 Å². The lowest BCUT2D eigenvalue weighted by Crippen LogP contribution is -2.12. The Morgan fingerprint density at radius 2 is 2.11 bits per heavy atom. The van der Waals surface area contributed by atoms with Gasteiger partial charge >= 0.3 is 5.97 Å². The second-order valence-corrected chi connectivity index (χ2v) is 6.32. The van der Waals surface area contributed by atoms with Gasteiger partial charge in [0.05, 0.1) is 29.3 Å². The summed E-state index contributed by atoms with van der Waals surface area (Å²) < 4.78 is 5.22. The first kappa shape index (κ1) is 19.0. The molecule has 0 aliphatic heterocycles. The van der Waals surface area contributed by atoms with E-state index in [9.17, 15) is 4.79 Å². The van der Waals surface area contributed by atoms with Crippen LogP contribution in [0.15, 0.2) is 30.5 Å². The van der Waals surface area contributed by atoms with E-state index in [2.05, 4.69) is 15.0 Å². The Hall–Kier alpha value is -2.80. The quantitative estimate of drug-likeness (QED) is 0.524. The van der Waals surface area contributed by atoms with Crippen LogP contribution in [0.2, 0.25) is 5.02 Å². The third-order valence-corrected chi connectivity index (χ3v) is 4.36. The van der Waals surface area contributed by atoms with E-state index in [-0.39, 0.29) is 12.6 Å². The monoisotopic (exact) mass is 380 g/mol. The van der Waals surface area contributed by atoms with Gasteiger partial charge in [-0.05, 0) is 37.1 Å². The number of hydrogen-bond acceptors (Lipinski definition) is 5. The van der Waals surface area contributed by atoms with E-state index in [0.29, 0.717) is 33.1 Å². The van der Waals surface area contributed by atoms with Crippen LogP contribution >= 0.6 is 11.6 Å². The van der Waals surface area contributed by atoms with Crippen molar-refractivity contribution >= 4 is 36.8 Å². The van der Waals surface area contributed by atoms with Crippen LogP contribution in [0.4, 0.5) is 5.95 Å². The van der Waals surface area contributed by atoms with E-state index < -0.39 is 5.97 Å². The van der Waals surface area contributed by atoms with Crippen molar-refractivity contribution in [2.24, 2.45) is 0 Å². The van der Waals surface area contributed by atoms with E-state index in [1.165, 1.54) is 6.20 Å². The van der Waals surface area contributed by atoms with E-state index in [1.54, 1.807) is 13.0 Å². The second kappa shape index (κ2) is 7.84. The molecule has 1 aromatic carbocycles. The molecule has 3 aromatic rings. The van der Waals surface area contributed by atoms with E-state index in [0.717, 1.165) is 17.5 Å². The predicted octanol–water partition coefficient (Wildman–Crippen LogP) is 2.91. The summed E-state index contributed by atoms with van der Waals surface area (Å²) in [5.41, 5.74) is 9.82. The lowest BCUT2D eigenvalue weighted by atomic mass is 9.94. The van der Waals surface area contributed by atoms with Gasteiger partial charge in [-0.1, -0.05) is 30.1 Å². The van der Waals surface area contributed by atoms with Crippen molar-refractivity contribution in [1.82, 2.24) is 15.0 Å². The van der Waals surface area contributed by atoms with Crippen molar-refractivity contribution in [3.05, 3.63) is 46.6 Å². The maximum Gasteiger partial charge on any atom is 0.340 e. The van der Waals surface area contributed by atoms with Gasteiger partial charge in [-0.2, -0.15) is 0 Å². The molecule has 8 heteroatoms. The molecule has 0 unspecified atom stereocenters. The summed E-state index contributed by atoms with van der Waals surface area (Å²) in [6.45, 7) is 4.05. The molecule has 136 valence electrons. The molecule has 0 aliphatic carbocycles. The number of rotatable bonds is 5. The Morgan fingerprint density at radius 3 is 2.81 bits per heavy atom. The number of nitrogens with zero attached hydrogens (tertiary/aromatic N) is 2. The van der Waals surface area contributed by atoms with Crippen LogP contribution in [0.5, 0.6) is 0 Å². The van der Waals surface area contributed by atoms with E-state index >= 15 is 0 Å². The van der Waals surface area contributed by atoms with Gasteiger partial charge in [0.15, 0.2) is 0 Å². The minimum absolute atomic E-state index is 0.0880. The SMILES string of the molecule is [B]c1cnc(N)nc1-c1cc(C(=O)OCC)c(-c2cc(Cl)ccc2CC)[nH]1. The predicted molar refractivity (Wildman–Crippen MR) is 107 cm³/mol. The summed E-state index contributed by atoms with van der Waals surface area (Å²) in [7, 11) is 6.00.